The van der Waals surface area contributed by atoms with Crippen molar-refractivity contribution in [2.75, 3.05) is 7.05 Å². The molecule has 0 saturated heterocycles. The normalized spacial score (nSPS) is 18.1. The quantitative estimate of drug-likeness (QED) is 0.518. The Morgan fingerprint density at radius 1 is 1.75 bits per heavy atom. The van der Waals surface area contributed by atoms with Crippen LogP contribution < -0.4 is 5.73 Å². The summed E-state index contributed by atoms with van der Waals surface area (Å²) >= 11 is 0. The first kappa shape index (κ1) is 5.41. The maximum Gasteiger partial charge on any atom is 0.314 e. The highest BCUT2D eigenvalue weighted by atomic mass is 16.2. The molecule has 2 amide bonds. The molecule has 2 N–H and O–H groups in total. The molecule has 0 bridgehead atoms. The van der Waals surface area contributed by atoms with E-state index in [9.17, 15) is 4.79 Å². The zero-order valence-electron chi connectivity index (χ0n) is 4.92. The summed E-state index contributed by atoms with van der Waals surface area (Å²) in [4.78, 5) is 11.9. The molecule has 0 unspecified atom stereocenters. The van der Waals surface area contributed by atoms with Crippen molar-refractivity contribution in [3.8, 4) is 0 Å². The van der Waals surface area contributed by atoms with E-state index in [-0.39, 0.29) is 6.03 Å². The lowest BCUT2D eigenvalue weighted by Gasteiger charge is -2.10. The lowest BCUT2D eigenvalue weighted by molar-refractivity contribution is 0.216. The lowest BCUT2D eigenvalue weighted by atomic mass is 10.6. The Hall–Kier alpha value is -0.730. The van der Waals surface area contributed by atoms with Crippen molar-refractivity contribution in [1.82, 2.24) is 4.90 Å². The van der Waals surface area contributed by atoms with Gasteiger partial charge in [-0.05, 0) is 12.8 Å². The van der Waals surface area contributed by atoms with E-state index in [1.165, 1.54) is 0 Å². The Morgan fingerprint density at radius 3 is 2.38 bits per heavy atom. The van der Waals surface area contributed by atoms with Gasteiger partial charge in [0.2, 0.25) is 0 Å². The molecule has 0 aromatic carbocycles. The van der Waals surface area contributed by atoms with Gasteiger partial charge in [0.15, 0.2) is 0 Å². The van der Waals surface area contributed by atoms with Gasteiger partial charge in [0.05, 0.1) is 0 Å². The van der Waals surface area contributed by atoms with Gasteiger partial charge in [-0.3, -0.25) is 0 Å². The number of nitrogens with zero attached hydrogens (tertiary/aromatic N) is 1. The topological polar surface area (TPSA) is 46.3 Å². The van der Waals surface area contributed by atoms with Gasteiger partial charge in [0.25, 0.3) is 0 Å². The largest absolute Gasteiger partial charge is 0.351 e. The fourth-order valence-electron chi connectivity index (χ4n) is 0.642. The number of rotatable bonds is 1. The van der Waals surface area contributed by atoms with E-state index >= 15 is 0 Å². The summed E-state index contributed by atoms with van der Waals surface area (Å²) in [5.74, 6) is 0. The Labute approximate surface area is 48.5 Å². The zero-order chi connectivity index (χ0) is 6.15. The van der Waals surface area contributed by atoms with E-state index in [2.05, 4.69) is 0 Å². The Kier molecular flexibility index (Phi) is 1.12. The summed E-state index contributed by atoms with van der Waals surface area (Å²) < 4.78 is 0. The number of urea groups is 1. The molecule has 46 valence electrons. The molecule has 0 atom stereocenters. The molecule has 0 aliphatic heterocycles. The van der Waals surface area contributed by atoms with Crippen molar-refractivity contribution in [3.63, 3.8) is 0 Å². The molecule has 1 fully saturated rings. The number of primary amides is 1. The van der Waals surface area contributed by atoms with Crippen LogP contribution in [0.5, 0.6) is 0 Å². The number of hydrogen-bond donors (Lipinski definition) is 1. The second kappa shape index (κ2) is 1.65. The van der Waals surface area contributed by atoms with E-state index < -0.39 is 0 Å². The van der Waals surface area contributed by atoms with Gasteiger partial charge in [0, 0.05) is 13.1 Å². The zero-order valence-corrected chi connectivity index (χ0v) is 4.92. The molecule has 0 aromatic heterocycles. The average molecular weight is 114 g/mol. The van der Waals surface area contributed by atoms with Gasteiger partial charge in [-0.15, -0.1) is 0 Å². The highest BCUT2D eigenvalue weighted by Crippen LogP contribution is 2.24. The third-order valence-corrected chi connectivity index (χ3v) is 1.44. The molecule has 0 heterocycles. The minimum absolute atomic E-state index is 0.312. The summed E-state index contributed by atoms with van der Waals surface area (Å²) in [7, 11) is 1.74. The molecule has 1 aliphatic rings. The minimum Gasteiger partial charge on any atom is -0.351 e. The van der Waals surface area contributed by atoms with Crippen LogP contribution in [0, 0.1) is 0 Å². The van der Waals surface area contributed by atoms with Gasteiger partial charge in [-0.25, -0.2) is 4.79 Å². The molecule has 3 nitrogen and oxygen atoms in total. The second-order valence-electron chi connectivity index (χ2n) is 2.18. The van der Waals surface area contributed by atoms with Crippen molar-refractivity contribution in [1.29, 1.82) is 0 Å². The minimum atomic E-state index is -0.312. The standard InChI is InChI=1S/C5H10N2O/c1-7(5(6)8)4-2-3-4/h4H,2-3H2,1H3,(H2,6,8). The number of carbonyl (C=O) groups is 1. The van der Waals surface area contributed by atoms with Crippen molar-refractivity contribution >= 4 is 6.03 Å². The predicted octanol–water partition coefficient (Wildman–Crippen LogP) is 0.159. The van der Waals surface area contributed by atoms with Crippen molar-refractivity contribution < 1.29 is 4.79 Å². The van der Waals surface area contributed by atoms with E-state index in [0.29, 0.717) is 6.04 Å². The highest BCUT2D eigenvalue weighted by molar-refractivity contribution is 5.72. The maximum absolute atomic E-state index is 10.3. The predicted molar refractivity (Wildman–Crippen MR) is 30.4 cm³/mol. The first-order valence-electron chi connectivity index (χ1n) is 2.74. The molecule has 0 spiro atoms. The molecular formula is C5H10N2O. The third kappa shape index (κ3) is 0.911. The molecule has 1 rings (SSSR count). The maximum atomic E-state index is 10.3. The van der Waals surface area contributed by atoms with Crippen LogP contribution >= 0.6 is 0 Å². The van der Waals surface area contributed by atoms with Crippen LogP contribution in [0.3, 0.4) is 0 Å². The van der Waals surface area contributed by atoms with Crippen LogP contribution in [0.1, 0.15) is 12.8 Å². The summed E-state index contributed by atoms with van der Waals surface area (Å²) in [5, 5.41) is 0. The van der Waals surface area contributed by atoms with Crippen LogP contribution in [-0.2, 0) is 0 Å². The van der Waals surface area contributed by atoms with E-state index in [4.69, 9.17) is 5.73 Å². The summed E-state index contributed by atoms with van der Waals surface area (Å²) in [6, 6.07) is 0.139. The van der Waals surface area contributed by atoms with Crippen LogP contribution in [0.2, 0.25) is 0 Å². The van der Waals surface area contributed by atoms with Gasteiger partial charge in [-0.1, -0.05) is 0 Å². The molecule has 0 radical (unpaired) electrons. The third-order valence-electron chi connectivity index (χ3n) is 1.44. The van der Waals surface area contributed by atoms with Gasteiger partial charge >= 0.3 is 6.03 Å². The fraction of sp³-hybridized carbons (Fsp3) is 0.800. The number of amides is 2. The van der Waals surface area contributed by atoms with Crippen LogP contribution in [0.4, 0.5) is 4.79 Å². The molecule has 3 heteroatoms. The monoisotopic (exact) mass is 114 g/mol. The van der Waals surface area contributed by atoms with Gasteiger partial charge < -0.3 is 10.6 Å². The number of carbonyl (C=O) groups excluding carboxylic acids is 1. The lowest BCUT2D eigenvalue weighted by Crippen LogP contribution is -2.33. The molecular weight excluding hydrogens is 104 g/mol. The van der Waals surface area contributed by atoms with E-state index in [0.717, 1.165) is 12.8 Å². The molecule has 0 aromatic rings. The van der Waals surface area contributed by atoms with Crippen LogP contribution in [0.25, 0.3) is 0 Å². The molecule has 1 aliphatic carbocycles. The van der Waals surface area contributed by atoms with E-state index in [1.807, 2.05) is 0 Å². The smallest absolute Gasteiger partial charge is 0.314 e. The summed E-state index contributed by atoms with van der Waals surface area (Å²) in [5.41, 5.74) is 4.96. The van der Waals surface area contributed by atoms with Crippen molar-refractivity contribution in [2.45, 2.75) is 18.9 Å². The van der Waals surface area contributed by atoms with Crippen molar-refractivity contribution in [3.05, 3.63) is 0 Å². The fourth-order valence-corrected chi connectivity index (χ4v) is 0.642. The Bertz CT molecular complexity index is 109. The molecule has 1 saturated carbocycles. The summed E-state index contributed by atoms with van der Waals surface area (Å²) in [6.07, 6.45) is 2.25. The molecule has 8 heavy (non-hydrogen) atoms. The number of nitrogens with two attached hydrogens (primary N) is 1. The van der Waals surface area contributed by atoms with Crippen molar-refractivity contribution in [2.24, 2.45) is 5.73 Å². The van der Waals surface area contributed by atoms with Gasteiger partial charge in [0.1, 0.15) is 0 Å². The van der Waals surface area contributed by atoms with Crippen LogP contribution in [-0.4, -0.2) is 24.0 Å². The first-order chi connectivity index (χ1) is 3.72. The Morgan fingerprint density at radius 2 is 2.25 bits per heavy atom. The van der Waals surface area contributed by atoms with Gasteiger partial charge in [-0.2, -0.15) is 0 Å². The Balaban J connectivity index is 2.32. The number of hydrogen-bond acceptors (Lipinski definition) is 1. The van der Waals surface area contributed by atoms with E-state index in [1.54, 1.807) is 11.9 Å². The van der Waals surface area contributed by atoms with Crippen LogP contribution in [0.15, 0.2) is 0 Å². The first-order valence-corrected chi connectivity index (χ1v) is 2.74. The average Bonchev–Trinajstić information content (AvgIpc) is 2.43. The summed E-state index contributed by atoms with van der Waals surface area (Å²) in [6.45, 7) is 0. The second-order valence-corrected chi connectivity index (χ2v) is 2.18. The SMILES string of the molecule is CN(C(N)=O)C1CC1. The highest BCUT2D eigenvalue weighted by Gasteiger charge is 2.27.